The van der Waals surface area contributed by atoms with Crippen LogP contribution in [-0.2, 0) is 13.5 Å². The monoisotopic (exact) mass is 408 g/mol. The van der Waals surface area contributed by atoms with E-state index in [1.54, 1.807) is 37.0 Å². The Hall–Kier alpha value is -3.65. The van der Waals surface area contributed by atoms with Gasteiger partial charge in [0, 0.05) is 38.3 Å². The second kappa shape index (κ2) is 7.64. The van der Waals surface area contributed by atoms with Crippen LogP contribution in [0.3, 0.4) is 0 Å². The summed E-state index contributed by atoms with van der Waals surface area (Å²) in [5, 5.41) is 20.7. The summed E-state index contributed by atoms with van der Waals surface area (Å²) in [5.74, 6) is 2.00. The van der Waals surface area contributed by atoms with Gasteiger partial charge in [0.2, 0.25) is 0 Å². The van der Waals surface area contributed by atoms with Crippen molar-refractivity contribution in [3.05, 3.63) is 48.2 Å². The summed E-state index contributed by atoms with van der Waals surface area (Å²) in [7, 11) is 5.00. The number of aliphatic hydroxyl groups is 1. The molecule has 4 rings (SSSR count). The smallest absolute Gasteiger partial charge is 0.150 e. The molecule has 8 nitrogen and oxygen atoms in total. The Bertz CT molecular complexity index is 1200. The van der Waals surface area contributed by atoms with Crippen molar-refractivity contribution in [2.24, 2.45) is 7.05 Å². The summed E-state index contributed by atoms with van der Waals surface area (Å²) < 4.78 is 14.3. The molecule has 30 heavy (non-hydrogen) atoms. The second-order valence-electron chi connectivity index (χ2n) is 6.92. The van der Waals surface area contributed by atoms with E-state index in [2.05, 4.69) is 4.98 Å². The number of imidazole rings is 1. The number of aromatic hydroxyl groups is 1. The van der Waals surface area contributed by atoms with Gasteiger partial charge in [-0.2, -0.15) is 0 Å². The van der Waals surface area contributed by atoms with Gasteiger partial charge in [-0.1, -0.05) is 12.1 Å². The Balaban J connectivity index is 2.01. The van der Waals surface area contributed by atoms with Crippen LogP contribution in [0.15, 0.2) is 42.5 Å². The first-order chi connectivity index (χ1) is 14.5. The second-order valence-corrected chi connectivity index (χ2v) is 6.92. The Labute approximate surface area is 173 Å². The number of rotatable bonds is 6. The van der Waals surface area contributed by atoms with Crippen LogP contribution in [0.4, 0.5) is 5.82 Å². The maximum absolute atomic E-state index is 11.1. The number of hydrogen-bond acceptors (Lipinski definition) is 6. The summed E-state index contributed by atoms with van der Waals surface area (Å²) in [6, 6.07) is 13.0. The summed E-state index contributed by atoms with van der Waals surface area (Å²) in [6.07, 6.45) is 0.208. The van der Waals surface area contributed by atoms with Gasteiger partial charge in [0.1, 0.15) is 34.5 Å². The van der Waals surface area contributed by atoms with Crippen molar-refractivity contribution in [2.75, 3.05) is 26.6 Å². The maximum atomic E-state index is 11.1. The van der Waals surface area contributed by atoms with Crippen molar-refractivity contribution in [3.63, 3.8) is 0 Å². The zero-order valence-corrected chi connectivity index (χ0v) is 17.1. The molecule has 0 saturated heterocycles. The maximum Gasteiger partial charge on any atom is 0.150 e. The number of benzene rings is 2. The van der Waals surface area contributed by atoms with Gasteiger partial charge in [0.05, 0.1) is 36.6 Å². The number of fused-ring (bicyclic) bond motifs is 1. The average Bonchev–Trinajstić information content (AvgIpc) is 3.21. The van der Waals surface area contributed by atoms with E-state index in [1.165, 1.54) is 0 Å². The number of para-hydroxylation sites is 2. The minimum atomic E-state index is -0.153. The molecule has 2 aromatic carbocycles. The molecule has 8 heteroatoms. The Morgan fingerprint density at radius 3 is 2.33 bits per heavy atom. The molecule has 156 valence electrons. The summed E-state index contributed by atoms with van der Waals surface area (Å²) in [6.45, 7) is -0.153. The minimum Gasteiger partial charge on any atom is -0.505 e. The van der Waals surface area contributed by atoms with Gasteiger partial charge in [0.15, 0.2) is 0 Å². The highest BCUT2D eigenvalue weighted by Gasteiger charge is 2.26. The van der Waals surface area contributed by atoms with Crippen molar-refractivity contribution in [1.82, 2.24) is 14.1 Å². The normalized spacial score (nSPS) is 11.2. The Morgan fingerprint density at radius 1 is 1.07 bits per heavy atom. The molecule has 0 amide bonds. The number of aliphatic hydroxyl groups excluding tert-OH is 1. The molecule has 0 spiro atoms. The lowest BCUT2D eigenvalue weighted by atomic mass is 10.2. The van der Waals surface area contributed by atoms with Crippen molar-refractivity contribution in [2.45, 2.75) is 6.42 Å². The summed E-state index contributed by atoms with van der Waals surface area (Å²) in [5.41, 5.74) is 9.82. The van der Waals surface area contributed by atoms with Gasteiger partial charge < -0.3 is 30.0 Å². The molecular weight excluding hydrogens is 384 g/mol. The number of nitrogens with zero attached hydrogens (tertiary/aromatic N) is 3. The molecular formula is C22H24N4O4. The van der Waals surface area contributed by atoms with E-state index in [0.29, 0.717) is 40.1 Å². The van der Waals surface area contributed by atoms with Crippen molar-refractivity contribution >= 4 is 16.9 Å². The van der Waals surface area contributed by atoms with Crippen LogP contribution in [0.5, 0.6) is 17.2 Å². The predicted octanol–water partition coefficient (Wildman–Crippen LogP) is 2.87. The van der Waals surface area contributed by atoms with Crippen LogP contribution in [-0.4, -0.2) is 45.2 Å². The molecule has 2 heterocycles. The third-order valence-electron chi connectivity index (χ3n) is 5.23. The topological polar surface area (TPSA) is 108 Å². The fraction of sp³-hybridized carbons (Fsp3) is 0.227. The van der Waals surface area contributed by atoms with Crippen LogP contribution in [0, 0.1) is 0 Å². The van der Waals surface area contributed by atoms with E-state index in [1.807, 2.05) is 35.9 Å². The highest BCUT2D eigenvalue weighted by molar-refractivity contribution is 5.87. The van der Waals surface area contributed by atoms with E-state index in [9.17, 15) is 10.2 Å². The average molecular weight is 408 g/mol. The molecule has 0 bridgehead atoms. The lowest BCUT2D eigenvalue weighted by Gasteiger charge is -2.14. The fourth-order valence-corrected chi connectivity index (χ4v) is 3.77. The van der Waals surface area contributed by atoms with Crippen LogP contribution >= 0.6 is 0 Å². The van der Waals surface area contributed by atoms with Gasteiger partial charge in [-0.25, -0.2) is 4.98 Å². The highest BCUT2D eigenvalue weighted by atomic mass is 16.5. The number of nitrogens with two attached hydrogens (primary N) is 1. The quantitative estimate of drug-likeness (QED) is 0.453. The molecule has 0 unspecified atom stereocenters. The SMILES string of the molecule is COc1cc(OC)cc(-n2c(N)c(-c3nc4ccccc4n3C)c(O)c2CCO)c1. The van der Waals surface area contributed by atoms with E-state index < -0.39 is 0 Å². The van der Waals surface area contributed by atoms with Crippen molar-refractivity contribution in [1.29, 1.82) is 0 Å². The van der Waals surface area contributed by atoms with Gasteiger partial charge in [-0.3, -0.25) is 4.57 Å². The number of aryl methyl sites for hydroxylation is 1. The summed E-state index contributed by atoms with van der Waals surface area (Å²) >= 11 is 0. The van der Waals surface area contributed by atoms with Crippen LogP contribution in [0.2, 0.25) is 0 Å². The molecule has 0 aliphatic rings. The highest BCUT2D eigenvalue weighted by Crippen LogP contribution is 2.43. The standard InChI is InChI=1S/C22H24N4O4/c1-25-17-7-5-4-6-16(17)24-22(25)19-20(28)18(8-9-27)26(21(19)23)13-10-14(29-2)12-15(11-13)30-3/h4-7,10-12,27-28H,8-9,23H2,1-3H3. The first-order valence-electron chi connectivity index (χ1n) is 9.48. The van der Waals surface area contributed by atoms with Crippen LogP contribution in [0.25, 0.3) is 28.1 Å². The van der Waals surface area contributed by atoms with Gasteiger partial charge in [-0.05, 0) is 12.1 Å². The third-order valence-corrected chi connectivity index (χ3v) is 5.23. The van der Waals surface area contributed by atoms with Gasteiger partial charge in [-0.15, -0.1) is 0 Å². The lowest BCUT2D eigenvalue weighted by molar-refractivity contribution is 0.295. The molecule has 0 aliphatic heterocycles. The molecule has 0 atom stereocenters. The number of methoxy groups -OCH3 is 2. The lowest BCUT2D eigenvalue weighted by Crippen LogP contribution is -2.07. The number of nitrogen functional groups attached to an aromatic ring is 1. The van der Waals surface area contributed by atoms with E-state index in [4.69, 9.17) is 15.2 Å². The van der Waals surface area contributed by atoms with Crippen molar-refractivity contribution in [3.8, 4) is 34.3 Å². The largest absolute Gasteiger partial charge is 0.505 e. The Morgan fingerprint density at radius 2 is 1.73 bits per heavy atom. The van der Waals surface area contributed by atoms with E-state index in [-0.39, 0.29) is 18.8 Å². The number of anilines is 1. The van der Waals surface area contributed by atoms with Crippen LogP contribution in [0.1, 0.15) is 5.69 Å². The first kappa shape index (κ1) is 19.7. The van der Waals surface area contributed by atoms with Crippen molar-refractivity contribution < 1.29 is 19.7 Å². The molecule has 0 saturated carbocycles. The zero-order chi connectivity index (χ0) is 21.4. The van der Waals surface area contributed by atoms with Gasteiger partial charge >= 0.3 is 0 Å². The molecule has 0 fully saturated rings. The Kier molecular flexibility index (Phi) is 5.01. The molecule has 4 aromatic rings. The predicted molar refractivity (Wildman–Crippen MR) is 115 cm³/mol. The molecule has 4 N–H and O–H groups in total. The van der Waals surface area contributed by atoms with Gasteiger partial charge in [0.25, 0.3) is 0 Å². The molecule has 2 aromatic heterocycles. The summed E-state index contributed by atoms with van der Waals surface area (Å²) in [4.78, 5) is 4.68. The van der Waals surface area contributed by atoms with Crippen LogP contribution < -0.4 is 15.2 Å². The third kappa shape index (κ3) is 3.02. The zero-order valence-electron chi connectivity index (χ0n) is 17.1. The number of ether oxygens (including phenoxy) is 2. The molecule has 0 aliphatic carbocycles. The molecule has 0 radical (unpaired) electrons. The van der Waals surface area contributed by atoms with E-state index in [0.717, 1.165) is 11.0 Å². The van der Waals surface area contributed by atoms with E-state index >= 15 is 0 Å². The number of hydrogen-bond donors (Lipinski definition) is 3. The minimum absolute atomic E-state index is 0.0123. The first-order valence-corrected chi connectivity index (χ1v) is 9.48. The fourth-order valence-electron chi connectivity index (χ4n) is 3.77. The number of aromatic nitrogens is 3.